The second-order valence-corrected chi connectivity index (χ2v) is 7.26. The molecular weight excluding hydrogens is 278 g/mol. The Morgan fingerprint density at radius 3 is 2.18 bits per heavy atom. The SMILES string of the molecule is CC(=O)N1CCCN(C(C)C(=O)N2CC(C)CC(C)C2)CC1. The smallest absolute Gasteiger partial charge is 0.239 e. The summed E-state index contributed by atoms with van der Waals surface area (Å²) in [6, 6.07) is -0.0793. The highest BCUT2D eigenvalue weighted by atomic mass is 16.2. The van der Waals surface area contributed by atoms with E-state index in [0.717, 1.165) is 45.7 Å². The van der Waals surface area contributed by atoms with E-state index < -0.39 is 0 Å². The van der Waals surface area contributed by atoms with Gasteiger partial charge >= 0.3 is 0 Å². The molecule has 2 saturated heterocycles. The highest BCUT2D eigenvalue weighted by molar-refractivity contribution is 5.81. The van der Waals surface area contributed by atoms with E-state index in [1.807, 2.05) is 11.8 Å². The van der Waals surface area contributed by atoms with Gasteiger partial charge in [0.15, 0.2) is 0 Å². The Balaban J connectivity index is 1.93. The first-order valence-corrected chi connectivity index (χ1v) is 8.66. The summed E-state index contributed by atoms with van der Waals surface area (Å²) in [4.78, 5) is 30.5. The lowest BCUT2D eigenvalue weighted by atomic mass is 9.91. The number of piperidine rings is 1. The quantitative estimate of drug-likeness (QED) is 0.775. The largest absolute Gasteiger partial charge is 0.342 e. The molecule has 5 heteroatoms. The fourth-order valence-corrected chi connectivity index (χ4v) is 3.90. The van der Waals surface area contributed by atoms with Crippen LogP contribution in [0.25, 0.3) is 0 Å². The van der Waals surface area contributed by atoms with Crippen molar-refractivity contribution in [1.29, 1.82) is 0 Å². The monoisotopic (exact) mass is 309 g/mol. The summed E-state index contributed by atoms with van der Waals surface area (Å²) in [5.41, 5.74) is 0. The number of carbonyl (C=O) groups is 2. The maximum atomic E-state index is 12.8. The van der Waals surface area contributed by atoms with Crippen LogP contribution in [0.1, 0.15) is 40.5 Å². The summed E-state index contributed by atoms with van der Waals surface area (Å²) < 4.78 is 0. The third-order valence-electron chi connectivity index (χ3n) is 5.06. The van der Waals surface area contributed by atoms with E-state index in [1.165, 1.54) is 6.42 Å². The lowest BCUT2D eigenvalue weighted by Crippen LogP contribution is -2.52. The minimum Gasteiger partial charge on any atom is -0.342 e. The summed E-state index contributed by atoms with van der Waals surface area (Å²) >= 11 is 0. The number of likely N-dealkylation sites (tertiary alicyclic amines) is 1. The zero-order valence-electron chi connectivity index (χ0n) is 14.5. The van der Waals surface area contributed by atoms with Crippen molar-refractivity contribution in [2.24, 2.45) is 11.8 Å². The van der Waals surface area contributed by atoms with Gasteiger partial charge in [-0.05, 0) is 31.6 Å². The molecule has 2 aliphatic rings. The van der Waals surface area contributed by atoms with Gasteiger partial charge in [0.05, 0.1) is 6.04 Å². The Kier molecular flexibility index (Phi) is 5.84. The van der Waals surface area contributed by atoms with Gasteiger partial charge in [0.25, 0.3) is 0 Å². The normalized spacial score (nSPS) is 29.1. The summed E-state index contributed by atoms with van der Waals surface area (Å²) in [6.45, 7) is 13.1. The highest BCUT2D eigenvalue weighted by Gasteiger charge is 2.31. The van der Waals surface area contributed by atoms with Gasteiger partial charge in [0.1, 0.15) is 0 Å². The molecule has 3 unspecified atom stereocenters. The van der Waals surface area contributed by atoms with Gasteiger partial charge in [-0.25, -0.2) is 0 Å². The molecule has 2 aliphatic heterocycles. The lowest BCUT2D eigenvalue weighted by Gasteiger charge is -2.38. The molecule has 0 saturated carbocycles. The number of hydrogen-bond donors (Lipinski definition) is 0. The minimum absolute atomic E-state index is 0.0793. The molecule has 2 heterocycles. The van der Waals surface area contributed by atoms with Crippen molar-refractivity contribution in [3.63, 3.8) is 0 Å². The predicted octanol–water partition coefficient (Wildman–Crippen LogP) is 1.43. The van der Waals surface area contributed by atoms with Crippen LogP contribution in [0.3, 0.4) is 0 Å². The summed E-state index contributed by atoms with van der Waals surface area (Å²) in [6.07, 6.45) is 2.17. The van der Waals surface area contributed by atoms with E-state index in [2.05, 4.69) is 23.6 Å². The Morgan fingerprint density at radius 2 is 1.59 bits per heavy atom. The molecule has 126 valence electrons. The standard InChI is InChI=1S/C17H31N3O2/c1-13-10-14(2)12-20(11-13)17(22)15(3)18-6-5-7-19(9-8-18)16(4)21/h13-15H,5-12H2,1-4H3. The zero-order chi connectivity index (χ0) is 16.3. The summed E-state index contributed by atoms with van der Waals surface area (Å²) in [5.74, 6) is 1.59. The predicted molar refractivity (Wildman–Crippen MR) is 87.4 cm³/mol. The van der Waals surface area contributed by atoms with Crippen LogP contribution in [0, 0.1) is 11.8 Å². The number of hydrogen-bond acceptors (Lipinski definition) is 3. The molecule has 0 aromatic rings. The third kappa shape index (κ3) is 4.22. The van der Waals surface area contributed by atoms with Crippen LogP contribution in [0.15, 0.2) is 0 Å². The van der Waals surface area contributed by atoms with Crippen molar-refractivity contribution in [2.75, 3.05) is 39.3 Å². The van der Waals surface area contributed by atoms with Crippen molar-refractivity contribution in [1.82, 2.24) is 14.7 Å². The molecule has 5 nitrogen and oxygen atoms in total. The first-order chi connectivity index (χ1) is 10.4. The first kappa shape index (κ1) is 17.3. The van der Waals surface area contributed by atoms with Crippen molar-refractivity contribution < 1.29 is 9.59 Å². The van der Waals surface area contributed by atoms with Gasteiger partial charge in [-0.2, -0.15) is 0 Å². The van der Waals surface area contributed by atoms with E-state index in [9.17, 15) is 9.59 Å². The Bertz CT molecular complexity index is 403. The highest BCUT2D eigenvalue weighted by Crippen LogP contribution is 2.22. The maximum absolute atomic E-state index is 12.8. The number of amides is 2. The van der Waals surface area contributed by atoms with Crippen LogP contribution in [0.5, 0.6) is 0 Å². The van der Waals surface area contributed by atoms with E-state index in [-0.39, 0.29) is 17.9 Å². The zero-order valence-corrected chi connectivity index (χ0v) is 14.5. The molecule has 2 fully saturated rings. The first-order valence-electron chi connectivity index (χ1n) is 8.66. The van der Waals surface area contributed by atoms with Crippen LogP contribution in [0.2, 0.25) is 0 Å². The van der Waals surface area contributed by atoms with Crippen molar-refractivity contribution in [2.45, 2.75) is 46.6 Å². The van der Waals surface area contributed by atoms with Crippen LogP contribution in [-0.4, -0.2) is 71.8 Å². The second-order valence-electron chi connectivity index (χ2n) is 7.26. The van der Waals surface area contributed by atoms with Gasteiger partial charge in [0, 0.05) is 46.2 Å². The average Bonchev–Trinajstić information content (AvgIpc) is 2.70. The van der Waals surface area contributed by atoms with E-state index in [0.29, 0.717) is 11.8 Å². The van der Waals surface area contributed by atoms with Gasteiger partial charge in [-0.1, -0.05) is 13.8 Å². The Hall–Kier alpha value is -1.10. The average molecular weight is 309 g/mol. The molecule has 0 aromatic heterocycles. The van der Waals surface area contributed by atoms with Gasteiger partial charge < -0.3 is 9.80 Å². The van der Waals surface area contributed by atoms with Crippen molar-refractivity contribution >= 4 is 11.8 Å². The molecule has 0 spiro atoms. The van der Waals surface area contributed by atoms with E-state index >= 15 is 0 Å². The van der Waals surface area contributed by atoms with Crippen molar-refractivity contribution in [3.8, 4) is 0 Å². The molecule has 0 aromatic carbocycles. The molecule has 0 bridgehead atoms. The maximum Gasteiger partial charge on any atom is 0.239 e. The van der Waals surface area contributed by atoms with Crippen LogP contribution in [0.4, 0.5) is 0 Å². The van der Waals surface area contributed by atoms with Crippen LogP contribution in [-0.2, 0) is 9.59 Å². The summed E-state index contributed by atoms with van der Waals surface area (Å²) in [5, 5.41) is 0. The van der Waals surface area contributed by atoms with Crippen LogP contribution < -0.4 is 0 Å². The van der Waals surface area contributed by atoms with Gasteiger partial charge in [0.2, 0.25) is 11.8 Å². The number of rotatable bonds is 2. The number of nitrogens with zero attached hydrogens (tertiary/aromatic N) is 3. The molecule has 22 heavy (non-hydrogen) atoms. The fraction of sp³-hybridized carbons (Fsp3) is 0.882. The van der Waals surface area contributed by atoms with Gasteiger partial charge in [-0.15, -0.1) is 0 Å². The fourth-order valence-electron chi connectivity index (χ4n) is 3.90. The minimum atomic E-state index is -0.0793. The topological polar surface area (TPSA) is 43.9 Å². The molecular formula is C17H31N3O2. The molecule has 0 N–H and O–H groups in total. The molecule has 2 amide bonds. The Labute approximate surface area is 134 Å². The molecule has 0 radical (unpaired) electrons. The van der Waals surface area contributed by atoms with E-state index in [1.54, 1.807) is 6.92 Å². The third-order valence-corrected chi connectivity index (χ3v) is 5.06. The lowest BCUT2D eigenvalue weighted by molar-refractivity contribution is -0.139. The Morgan fingerprint density at radius 1 is 0.955 bits per heavy atom. The summed E-state index contributed by atoms with van der Waals surface area (Å²) in [7, 11) is 0. The van der Waals surface area contributed by atoms with E-state index in [4.69, 9.17) is 0 Å². The second kappa shape index (κ2) is 7.44. The molecule has 3 atom stereocenters. The number of carbonyl (C=O) groups excluding carboxylic acids is 2. The van der Waals surface area contributed by atoms with Gasteiger partial charge in [-0.3, -0.25) is 14.5 Å². The van der Waals surface area contributed by atoms with Crippen LogP contribution >= 0.6 is 0 Å². The molecule has 0 aliphatic carbocycles. The van der Waals surface area contributed by atoms with Crippen molar-refractivity contribution in [3.05, 3.63) is 0 Å². The molecule has 2 rings (SSSR count).